The third-order valence-electron chi connectivity index (χ3n) is 4.59. The van der Waals surface area contributed by atoms with E-state index in [4.69, 9.17) is 5.11 Å². The Kier molecular flexibility index (Phi) is 4.68. The van der Waals surface area contributed by atoms with E-state index in [0.717, 1.165) is 13.1 Å². The predicted octanol–water partition coefficient (Wildman–Crippen LogP) is 1.14. The van der Waals surface area contributed by atoms with Crippen LogP contribution in [0.3, 0.4) is 0 Å². The first kappa shape index (κ1) is 15.3. The summed E-state index contributed by atoms with van der Waals surface area (Å²) < 4.78 is 0. The van der Waals surface area contributed by atoms with Gasteiger partial charge in [0.1, 0.15) is 0 Å². The van der Waals surface area contributed by atoms with Crippen molar-refractivity contribution in [3.05, 3.63) is 0 Å². The normalized spacial score (nSPS) is 35.2. The molecule has 114 valence electrons. The number of rotatable bonds is 3. The van der Waals surface area contributed by atoms with Crippen LogP contribution in [0.1, 0.15) is 27.2 Å². The number of carbonyl (C=O) groups is 2. The van der Waals surface area contributed by atoms with Gasteiger partial charge in [-0.15, -0.1) is 0 Å². The molecular formula is C15H26N2O3. The average molecular weight is 282 g/mol. The van der Waals surface area contributed by atoms with Crippen LogP contribution in [0.25, 0.3) is 0 Å². The molecule has 0 spiro atoms. The van der Waals surface area contributed by atoms with Crippen molar-refractivity contribution < 1.29 is 14.7 Å². The number of carboxylic acid groups (broad SMARTS) is 1. The number of aliphatic carboxylic acids is 1. The SMILES string of the molecule is CC1CC(C)CN(C(=O)CN2C[C@@H](C)[C@H](C(=O)O)C2)C1. The Morgan fingerprint density at radius 2 is 1.65 bits per heavy atom. The molecule has 2 unspecified atom stereocenters. The van der Waals surface area contributed by atoms with E-state index in [1.807, 2.05) is 16.7 Å². The highest BCUT2D eigenvalue weighted by molar-refractivity contribution is 5.78. The highest BCUT2D eigenvalue weighted by Crippen LogP contribution is 2.24. The molecule has 5 nitrogen and oxygen atoms in total. The van der Waals surface area contributed by atoms with E-state index >= 15 is 0 Å². The maximum absolute atomic E-state index is 12.4. The Balaban J connectivity index is 1.87. The summed E-state index contributed by atoms with van der Waals surface area (Å²) in [4.78, 5) is 27.4. The van der Waals surface area contributed by atoms with Crippen molar-refractivity contribution in [2.24, 2.45) is 23.7 Å². The number of amides is 1. The molecule has 0 bridgehead atoms. The lowest BCUT2D eigenvalue weighted by atomic mass is 9.92. The van der Waals surface area contributed by atoms with Gasteiger partial charge in [-0.25, -0.2) is 0 Å². The van der Waals surface area contributed by atoms with Crippen molar-refractivity contribution in [1.82, 2.24) is 9.80 Å². The average Bonchev–Trinajstić information content (AvgIpc) is 2.69. The number of piperidine rings is 1. The summed E-state index contributed by atoms with van der Waals surface area (Å²) in [6.45, 7) is 9.59. The van der Waals surface area contributed by atoms with Crippen LogP contribution in [-0.4, -0.2) is 59.5 Å². The highest BCUT2D eigenvalue weighted by atomic mass is 16.4. The van der Waals surface area contributed by atoms with Crippen molar-refractivity contribution >= 4 is 11.9 Å². The van der Waals surface area contributed by atoms with Crippen molar-refractivity contribution in [3.8, 4) is 0 Å². The van der Waals surface area contributed by atoms with E-state index in [2.05, 4.69) is 13.8 Å². The minimum Gasteiger partial charge on any atom is -0.481 e. The summed E-state index contributed by atoms with van der Waals surface area (Å²) in [5.74, 6) is 0.328. The van der Waals surface area contributed by atoms with Gasteiger partial charge < -0.3 is 10.0 Å². The lowest BCUT2D eigenvalue weighted by Gasteiger charge is -2.35. The molecule has 5 heteroatoms. The van der Waals surface area contributed by atoms with E-state index in [1.54, 1.807) is 0 Å². The van der Waals surface area contributed by atoms with Crippen LogP contribution >= 0.6 is 0 Å². The summed E-state index contributed by atoms with van der Waals surface area (Å²) >= 11 is 0. The summed E-state index contributed by atoms with van der Waals surface area (Å²) in [6, 6.07) is 0. The van der Waals surface area contributed by atoms with Crippen LogP contribution < -0.4 is 0 Å². The van der Waals surface area contributed by atoms with Crippen molar-refractivity contribution in [2.45, 2.75) is 27.2 Å². The summed E-state index contributed by atoms with van der Waals surface area (Å²) in [5.41, 5.74) is 0. The van der Waals surface area contributed by atoms with Crippen LogP contribution in [0.4, 0.5) is 0 Å². The minimum absolute atomic E-state index is 0.125. The molecule has 2 saturated heterocycles. The van der Waals surface area contributed by atoms with Gasteiger partial charge in [0.25, 0.3) is 0 Å². The first-order valence-electron chi connectivity index (χ1n) is 7.59. The van der Waals surface area contributed by atoms with Gasteiger partial charge in [-0.2, -0.15) is 0 Å². The lowest BCUT2D eigenvalue weighted by Crippen LogP contribution is -2.46. The maximum Gasteiger partial charge on any atom is 0.308 e. The van der Waals surface area contributed by atoms with E-state index in [0.29, 0.717) is 31.5 Å². The van der Waals surface area contributed by atoms with Gasteiger partial charge >= 0.3 is 5.97 Å². The first-order valence-corrected chi connectivity index (χ1v) is 7.59. The molecule has 0 radical (unpaired) electrons. The standard InChI is InChI=1S/C15H26N2O3/c1-10-4-11(2)6-17(5-10)14(18)9-16-7-12(3)13(8-16)15(19)20/h10-13H,4-9H2,1-3H3,(H,19,20)/t10?,11?,12-,13-/m1/s1. The van der Waals surface area contributed by atoms with Crippen LogP contribution in [0.15, 0.2) is 0 Å². The van der Waals surface area contributed by atoms with Crippen LogP contribution in [0.5, 0.6) is 0 Å². The molecular weight excluding hydrogens is 256 g/mol. The van der Waals surface area contributed by atoms with Gasteiger partial charge in [-0.05, 0) is 24.2 Å². The zero-order valence-corrected chi connectivity index (χ0v) is 12.7. The second-order valence-corrected chi connectivity index (χ2v) is 6.86. The maximum atomic E-state index is 12.4. The van der Waals surface area contributed by atoms with E-state index in [1.165, 1.54) is 6.42 Å². The predicted molar refractivity (Wildman–Crippen MR) is 76.3 cm³/mol. The lowest BCUT2D eigenvalue weighted by molar-refractivity contribution is -0.142. The molecule has 1 N–H and O–H groups in total. The topological polar surface area (TPSA) is 60.9 Å². The zero-order chi connectivity index (χ0) is 14.9. The fourth-order valence-corrected chi connectivity index (χ4v) is 3.68. The monoisotopic (exact) mass is 282 g/mol. The Labute approximate surface area is 120 Å². The van der Waals surface area contributed by atoms with Crippen LogP contribution in [0.2, 0.25) is 0 Å². The number of likely N-dealkylation sites (tertiary alicyclic amines) is 2. The molecule has 1 amide bonds. The number of nitrogens with zero attached hydrogens (tertiary/aromatic N) is 2. The highest BCUT2D eigenvalue weighted by Gasteiger charge is 2.36. The molecule has 0 aromatic rings. The Morgan fingerprint density at radius 3 is 2.15 bits per heavy atom. The second kappa shape index (κ2) is 6.12. The molecule has 4 atom stereocenters. The summed E-state index contributed by atoms with van der Waals surface area (Å²) in [5, 5.41) is 9.13. The van der Waals surface area contributed by atoms with Crippen molar-refractivity contribution in [3.63, 3.8) is 0 Å². The fraction of sp³-hybridized carbons (Fsp3) is 0.867. The molecule has 2 aliphatic heterocycles. The molecule has 2 heterocycles. The van der Waals surface area contributed by atoms with E-state index in [-0.39, 0.29) is 17.7 Å². The molecule has 0 aromatic heterocycles. The Hall–Kier alpha value is -1.10. The zero-order valence-electron chi connectivity index (χ0n) is 12.7. The first-order chi connectivity index (χ1) is 9.36. The van der Waals surface area contributed by atoms with Gasteiger partial charge in [-0.3, -0.25) is 14.5 Å². The summed E-state index contributed by atoms with van der Waals surface area (Å²) in [7, 11) is 0. The summed E-state index contributed by atoms with van der Waals surface area (Å²) in [6.07, 6.45) is 1.19. The fourth-order valence-electron chi connectivity index (χ4n) is 3.68. The second-order valence-electron chi connectivity index (χ2n) is 6.86. The number of hydrogen-bond donors (Lipinski definition) is 1. The minimum atomic E-state index is -0.743. The van der Waals surface area contributed by atoms with Gasteiger partial charge in [-0.1, -0.05) is 20.8 Å². The van der Waals surface area contributed by atoms with Gasteiger partial charge in [0.05, 0.1) is 12.5 Å². The van der Waals surface area contributed by atoms with E-state index < -0.39 is 5.97 Å². The van der Waals surface area contributed by atoms with Gasteiger partial charge in [0, 0.05) is 26.2 Å². The third-order valence-corrected chi connectivity index (χ3v) is 4.59. The van der Waals surface area contributed by atoms with E-state index in [9.17, 15) is 9.59 Å². The molecule has 0 aromatic carbocycles. The molecule has 0 aliphatic carbocycles. The number of carboxylic acids is 1. The Morgan fingerprint density at radius 1 is 1.05 bits per heavy atom. The third kappa shape index (κ3) is 3.51. The largest absolute Gasteiger partial charge is 0.481 e. The molecule has 0 saturated carbocycles. The molecule has 20 heavy (non-hydrogen) atoms. The quantitative estimate of drug-likeness (QED) is 0.843. The number of carbonyl (C=O) groups excluding carboxylic acids is 1. The number of hydrogen-bond acceptors (Lipinski definition) is 3. The molecule has 2 fully saturated rings. The van der Waals surface area contributed by atoms with Gasteiger partial charge in [0.2, 0.25) is 5.91 Å². The molecule has 2 aliphatic rings. The van der Waals surface area contributed by atoms with Crippen molar-refractivity contribution in [2.75, 3.05) is 32.7 Å². The smallest absolute Gasteiger partial charge is 0.308 e. The Bertz CT molecular complexity index is 375. The van der Waals surface area contributed by atoms with Crippen LogP contribution in [0, 0.1) is 23.7 Å². The van der Waals surface area contributed by atoms with Crippen molar-refractivity contribution in [1.29, 1.82) is 0 Å². The molecule has 2 rings (SSSR count). The van der Waals surface area contributed by atoms with Crippen LogP contribution in [-0.2, 0) is 9.59 Å². The van der Waals surface area contributed by atoms with Gasteiger partial charge in [0.15, 0.2) is 0 Å².